The highest BCUT2D eigenvalue weighted by molar-refractivity contribution is 6.12. The highest BCUT2D eigenvalue weighted by atomic mass is 16.3. The fraction of sp³-hybridized carbons (Fsp3) is 0.0141. The van der Waals surface area contributed by atoms with Crippen LogP contribution < -0.4 is 4.90 Å². The third-order valence-corrected chi connectivity index (χ3v) is 16.2. The van der Waals surface area contributed by atoms with Gasteiger partial charge in [0.05, 0.1) is 22.1 Å². The van der Waals surface area contributed by atoms with Crippen LogP contribution in [0.2, 0.25) is 0 Å². The van der Waals surface area contributed by atoms with Crippen LogP contribution in [0.5, 0.6) is 0 Å². The molecule has 3 nitrogen and oxygen atoms in total. The van der Waals surface area contributed by atoms with Crippen molar-refractivity contribution in [2.45, 2.75) is 5.41 Å². The Bertz CT molecular complexity index is 4580. The van der Waals surface area contributed by atoms with E-state index in [-0.39, 0.29) is 0 Å². The number of fused-ring (bicyclic) bond motifs is 17. The molecule has 0 unspecified atom stereocenters. The second kappa shape index (κ2) is 15.6. The Labute approximate surface area is 428 Å². The molecule has 344 valence electrons. The van der Waals surface area contributed by atoms with E-state index in [4.69, 9.17) is 4.42 Å². The number of anilines is 3. The SMILES string of the molecule is c1cc(-c2ccccc2-c2ccc3c(c2)c2ccccc2n3-c2ccc3oc4ccccc4c3c2)cc(N(c2ccc3c(c2)C2(c4ccccc4-c4ccccc42)c2ccccc2-3)c2cccc3ccccc23)c1. The Balaban J connectivity index is 0.864. The summed E-state index contributed by atoms with van der Waals surface area (Å²) in [6.45, 7) is 0. The van der Waals surface area contributed by atoms with E-state index in [1.165, 1.54) is 88.3 Å². The third kappa shape index (κ3) is 5.72. The van der Waals surface area contributed by atoms with Crippen LogP contribution in [0, 0.1) is 0 Å². The second-order valence-electron chi connectivity index (χ2n) is 19.9. The minimum Gasteiger partial charge on any atom is -0.456 e. The summed E-state index contributed by atoms with van der Waals surface area (Å²) in [7, 11) is 0. The Hall–Kier alpha value is -9.70. The molecule has 2 heterocycles. The number of hydrogen-bond acceptors (Lipinski definition) is 2. The quantitative estimate of drug-likeness (QED) is 0.166. The zero-order chi connectivity index (χ0) is 48.5. The number of rotatable bonds is 6. The van der Waals surface area contributed by atoms with Gasteiger partial charge in [-0.3, -0.25) is 0 Å². The van der Waals surface area contributed by atoms with Crippen molar-refractivity contribution in [1.29, 1.82) is 0 Å². The van der Waals surface area contributed by atoms with E-state index in [2.05, 4.69) is 264 Å². The number of aromatic nitrogens is 1. The first-order chi connectivity index (χ1) is 36.7. The highest BCUT2D eigenvalue weighted by Crippen LogP contribution is 2.63. The minimum atomic E-state index is -0.462. The zero-order valence-electron chi connectivity index (χ0n) is 40.2. The molecule has 16 rings (SSSR count). The van der Waals surface area contributed by atoms with E-state index in [1.54, 1.807) is 0 Å². The number of para-hydroxylation sites is 2. The molecular formula is C71H44N2O. The fourth-order valence-electron chi connectivity index (χ4n) is 13.1. The molecule has 1 spiro atoms. The second-order valence-corrected chi connectivity index (χ2v) is 19.9. The standard InChI is InChI=1S/C71H44N2O/c1-2-23-53-45(17-1)18-16-33-66(53)72(50-36-38-57-56-26-7-12-31-64(56)71(65(57)44-50)62-29-10-5-24-54(62)55-25-6-11-30-63(55)71)48-20-15-19-46(41-48)51-21-3-4-22-52(51)47-35-39-68-60(42-47)58-27-8-13-32-67(58)73(68)49-37-40-70-61(43-49)59-28-9-14-34-69(59)74-70/h1-44H. The molecule has 0 amide bonds. The van der Waals surface area contributed by atoms with Crippen LogP contribution in [0.15, 0.2) is 271 Å². The van der Waals surface area contributed by atoms with Crippen LogP contribution in [0.25, 0.3) is 105 Å². The molecule has 2 aliphatic carbocycles. The normalized spacial score (nSPS) is 13.0. The molecule has 0 radical (unpaired) electrons. The molecule has 2 aliphatic rings. The summed E-state index contributed by atoms with van der Waals surface area (Å²) in [6.07, 6.45) is 0. The van der Waals surface area contributed by atoms with Crippen LogP contribution in [-0.2, 0) is 5.41 Å². The summed E-state index contributed by atoms with van der Waals surface area (Å²) in [5.74, 6) is 0. The van der Waals surface area contributed by atoms with E-state index in [0.29, 0.717) is 0 Å². The number of hydrogen-bond donors (Lipinski definition) is 0. The van der Waals surface area contributed by atoms with Gasteiger partial charge in [0, 0.05) is 44.0 Å². The van der Waals surface area contributed by atoms with Crippen molar-refractivity contribution in [3.63, 3.8) is 0 Å². The average molecular weight is 941 g/mol. The van der Waals surface area contributed by atoms with Gasteiger partial charge in [0.25, 0.3) is 0 Å². The minimum absolute atomic E-state index is 0.462. The summed E-state index contributed by atoms with van der Waals surface area (Å²) in [6, 6.07) is 98.6. The van der Waals surface area contributed by atoms with Crippen molar-refractivity contribution in [1.82, 2.24) is 4.57 Å². The number of benzene rings is 12. The van der Waals surface area contributed by atoms with E-state index < -0.39 is 5.41 Å². The first kappa shape index (κ1) is 41.0. The van der Waals surface area contributed by atoms with E-state index in [9.17, 15) is 0 Å². The Morgan fingerprint density at radius 2 is 0.865 bits per heavy atom. The predicted octanol–water partition coefficient (Wildman–Crippen LogP) is 19.0. The van der Waals surface area contributed by atoms with Gasteiger partial charge in [-0.1, -0.05) is 194 Å². The molecule has 0 atom stereocenters. The average Bonchev–Trinajstić information content (AvgIpc) is 4.25. The van der Waals surface area contributed by atoms with Crippen molar-refractivity contribution in [2.24, 2.45) is 0 Å². The largest absolute Gasteiger partial charge is 0.456 e. The smallest absolute Gasteiger partial charge is 0.135 e. The summed E-state index contributed by atoms with van der Waals surface area (Å²) in [5, 5.41) is 7.07. The van der Waals surface area contributed by atoms with E-state index >= 15 is 0 Å². The molecule has 0 aliphatic heterocycles. The molecule has 0 saturated carbocycles. The van der Waals surface area contributed by atoms with Crippen LogP contribution in [0.1, 0.15) is 22.3 Å². The summed E-state index contributed by atoms with van der Waals surface area (Å²) in [4.78, 5) is 2.49. The van der Waals surface area contributed by atoms with Crippen molar-refractivity contribution in [3.8, 4) is 50.2 Å². The number of nitrogens with zero attached hydrogens (tertiary/aromatic N) is 2. The molecular weight excluding hydrogens is 897 g/mol. The van der Waals surface area contributed by atoms with Crippen LogP contribution in [-0.4, -0.2) is 4.57 Å². The van der Waals surface area contributed by atoms with Crippen LogP contribution in [0.3, 0.4) is 0 Å². The number of furan rings is 1. The third-order valence-electron chi connectivity index (χ3n) is 16.2. The predicted molar refractivity (Wildman–Crippen MR) is 307 cm³/mol. The lowest BCUT2D eigenvalue weighted by Crippen LogP contribution is -2.26. The molecule has 0 N–H and O–H groups in total. The Kier molecular flexibility index (Phi) is 8.66. The fourth-order valence-corrected chi connectivity index (χ4v) is 13.1. The van der Waals surface area contributed by atoms with Gasteiger partial charge in [-0.05, 0) is 145 Å². The molecule has 74 heavy (non-hydrogen) atoms. The van der Waals surface area contributed by atoms with Gasteiger partial charge in [0.2, 0.25) is 0 Å². The topological polar surface area (TPSA) is 21.3 Å². The lowest BCUT2D eigenvalue weighted by atomic mass is 9.70. The van der Waals surface area contributed by atoms with Gasteiger partial charge in [-0.15, -0.1) is 0 Å². The van der Waals surface area contributed by atoms with Crippen LogP contribution >= 0.6 is 0 Å². The summed E-state index contributed by atoms with van der Waals surface area (Å²) in [5.41, 5.74) is 23.3. The Morgan fingerprint density at radius 3 is 1.62 bits per heavy atom. The van der Waals surface area contributed by atoms with Gasteiger partial charge in [0.1, 0.15) is 11.2 Å². The zero-order valence-corrected chi connectivity index (χ0v) is 40.2. The summed E-state index contributed by atoms with van der Waals surface area (Å²) >= 11 is 0. The lowest BCUT2D eigenvalue weighted by Gasteiger charge is -2.32. The van der Waals surface area contributed by atoms with Gasteiger partial charge >= 0.3 is 0 Å². The van der Waals surface area contributed by atoms with E-state index in [0.717, 1.165) is 55.8 Å². The molecule has 0 bridgehead atoms. The first-order valence-electron chi connectivity index (χ1n) is 25.6. The van der Waals surface area contributed by atoms with Crippen LogP contribution in [0.4, 0.5) is 17.1 Å². The lowest BCUT2D eigenvalue weighted by molar-refractivity contribution is 0.669. The maximum atomic E-state index is 6.25. The molecule has 2 aromatic heterocycles. The molecule has 0 fully saturated rings. The first-order valence-corrected chi connectivity index (χ1v) is 25.6. The van der Waals surface area contributed by atoms with E-state index in [1.807, 2.05) is 12.1 Å². The Morgan fingerprint density at radius 1 is 0.311 bits per heavy atom. The van der Waals surface area contributed by atoms with Gasteiger partial charge in [-0.2, -0.15) is 0 Å². The molecule has 12 aromatic carbocycles. The maximum Gasteiger partial charge on any atom is 0.135 e. The van der Waals surface area contributed by atoms with Crippen molar-refractivity contribution < 1.29 is 4.42 Å². The molecule has 3 heteroatoms. The van der Waals surface area contributed by atoms with Crippen molar-refractivity contribution in [3.05, 3.63) is 289 Å². The monoisotopic (exact) mass is 940 g/mol. The van der Waals surface area contributed by atoms with Crippen molar-refractivity contribution >= 4 is 71.6 Å². The summed E-state index contributed by atoms with van der Waals surface area (Å²) < 4.78 is 8.65. The van der Waals surface area contributed by atoms with Gasteiger partial charge in [0.15, 0.2) is 0 Å². The maximum absolute atomic E-state index is 6.25. The highest BCUT2D eigenvalue weighted by Gasteiger charge is 2.51. The van der Waals surface area contributed by atoms with Gasteiger partial charge in [-0.25, -0.2) is 0 Å². The molecule has 14 aromatic rings. The molecule has 0 saturated heterocycles. The van der Waals surface area contributed by atoms with Crippen molar-refractivity contribution in [2.75, 3.05) is 4.90 Å². The van der Waals surface area contributed by atoms with Gasteiger partial charge < -0.3 is 13.9 Å².